The first-order valence-corrected chi connectivity index (χ1v) is 8.74. The molecular weight excluding hydrogens is 296 g/mol. The Morgan fingerprint density at radius 1 is 1.18 bits per heavy atom. The van der Waals surface area contributed by atoms with Crippen LogP contribution < -0.4 is 0 Å². The predicted molar refractivity (Wildman–Crippen MR) is 91.7 cm³/mol. The fraction of sp³-hybridized carbons (Fsp3) is 0.667. The molecule has 3 nitrogen and oxygen atoms in total. The van der Waals surface area contributed by atoms with Gasteiger partial charge in [0.15, 0.2) is 0 Å². The van der Waals surface area contributed by atoms with Gasteiger partial charge in [-0.25, -0.2) is 0 Å². The molecule has 2 aliphatic rings. The lowest BCUT2D eigenvalue weighted by Gasteiger charge is -2.43. The van der Waals surface area contributed by atoms with Gasteiger partial charge in [-0.2, -0.15) is 0 Å². The van der Waals surface area contributed by atoms with Crippen LogP contribution in [0.15, 0.2) is 24.3 Å². The summed E-state index contributed by atoms with van der Waals surface area (Å²) in [4.78, 5) is 5.17. The van der Waals surface area contributed by atoms with Crippen LogP contribution in [0.2, 0.25) is 5.02 Å². The summed E-state index contributed by atoms with van der Waals surface area (Å²) in [6.45, 7) is 12.0. The second-order valence-electron chi connectivity index (χ2n) is 7.15. The number of hydrogen-bond donors (Lipinski definition) is 0. The molecule has 0 unspecified atom stereocenters. The van der Waals surface area contributed by atoms with E-state index >= 15 is 0 Å². The maximum atomic E-state index is 6.37. The fourth-order valence-electron chi connectivity index (χ4n) is 3.85. The highest BCUT2D eigenvalue weighted by Gasteiger charge is 2.33. The van der Waals surface area contributed by atoms with Crippen molar-refractivity contribution in [1.82, 2.24) is 9.80 Å². The summed E-state index contributed by atoms with van der Waals surface area (Å²) in [6, 6.07) is 8.31. The Morgan fingerprint density at radius 3 is 2.64 bits per heavy atom. The first kappa shape index (κ1) is 16.3. The van der Waals surface area contributed by atoms with E-state index in [0.29, 0.717) is 5.92 Å². The quantitative estimate of drug-likeness (QED) is 0.846. The number of halogens is 1. The molecule has 0 radical (unpaired) electrons. The Labute approximate surface area is 139 Å². The van der Waals surface area contributed by atoms with Crippen molar-refractivity contribution in [2.45, 2.75) is 31.7 Å². The largest absolute Gasteiger partial charge is 0.379 e. The average Bonchev–Trinajstić information content (AvgIpc) is 2.96. The lowest BCUT2D eigenvalue weighted by Crippen LogP contribution is -2.55. The third kappa shape index (κ3) is 3.65. The smallest absolute Gasteiger partial charge is 0.0594 e. The third-order valence-corrected chi connectivity index (χ3v) is 5.44. The Hall–Kier alpha value is -0.610. The van der Waals surface area contributed by atoms with Crippen LogP contribution in [-0.4, -0.2) is 61.3 Å². The Balaban J connectivity index is 1.59. The second kappa shape index (κ2) is 6.88. The van der Waals surface area contributed by atoms with E-state index in [-0.39, 0.29) is 5.54 Å². The number of likely N-dealkylation sites (tertiary alicyclic amines) is 1. The lowest BCUT2D eigenvalue weighted by atomic mass is 9.98. The van der Waals surface area contributed by atoms with Gasteiger partial charge in [0.25, 0.3) is 0 Å². The number of ether oxygens (including phenoxy) is 1. The van der Waals surface area contributed by atoms with Crippen molar-refractivity contribution in [2.24, 2.45) is 0 Å². The van der Waals surface area contributed by atoms with Gasteiger partial charge in [-0.1, -0.05) is 29.8 Å². The van der Waals surface area contributed by atoms with Crippen LogP contribution in [0.3, 0.4) is 0 Å². The molecule has 1 aromatic rings. The zero-order valence-electron chi connectivity index (χ0n) is 13.7. The standard InChI is InChI=1S/C18H27ClN2O/c1-18(2,21-9-11-22-12-10-21)14-20-8-7-15(13-20)16-5-3-4-6-17(16)19/h3-6,15H,7-14H2,1-2H3/t15-/m1/s1. The van der Waals surface area contributed by atoms with Crippen molar-refractivity contribution in [3.8, 4) is 0 Å². The van der Waals surface area contributed by atoms with Crippen molar-refractivity contribution in [1.29, 1.82) is 0 Å². The molecular formula is C18H27ClN2O. The van der Waals surface area contributed by atoms with Gasteiger partial charge in [0.1, 0.15) is 0 Å². The van der Waals surface area contributed by atoms with Crippen molar-refractivity contribution in [3.05, 3.63) is 34.9 Å². The highest BCUT2D eigenvalue weighted by molar-refractivity contribution is 6.31. The molecule has 0 bridgehead atoms. The molecule has 0 aromatic heterocycles. The molecule has 0 aliphatic carbocycles. The molecule has 4 heteroatoms. The minimum Gasteiger partial charge on any atom is -0.379 e. The van der Waals surface area contributed by atoms with Crippen LogP contribution in [0.25, 0.3) is 0 Å². The number of hydrogen-bond acceptors (Lipinski definition) is 3. The van der Waals surface area contributed by atoms with Gasteiger partial charge in [0, 0.05) is 36.7 Å². The monoisotopic (exact) mass is 322 g/mol. The SMILES string of the molecule is CC(C)(CN1CC[C@@H](c2ccccc2Cl)C1)N1CCOCC1. The summed E-state index contributed by atoms with van der Waals surface area (Å²) in [5.74, 6) is 0.578. The highest BCUT2D eigenvalue weighted by atomic mass is 35.5. The third-order valence-electron chi connectivity index (χ3n) is 5.10. The Bertz CT molecular complexity index is 500. The number of benzene rings is 1. The summed E-state index contributed by atoms with van der Waals surface area (Å²) in [7, 11) is 0. The molecule has 1 atom stereocenters. The van der Waals surface area contributed by atoms with Crippen LogP contribution >= 0.6 is 11.6 Å². The van der Waals surface area contributed by atoms with Crippen LogP contribution in [0.1, 0.15) is 31.7 Å². The second-order valence-corrected chi connectivity index (χ2v) is 7.56. The van der Waals surface area contributed by atoms with Crippen LogP contribution in [0.5, 0.6) is 0 Å². The molecule has 22 heavy (non-hydrogen) atoms. The van der Waals surface area contributed by atoms with E-state index in [2.05, 4.69) is 35.8 Å². The van der Waals surface area contributed by atoms with Gasteiger partial charge >= 0.3 is 0 Å². The van der Waals surface area contributed by atoms with Gasteiger partial charge in [0.05, 0.1) is 13.2 Å². The molecule has 2 fully saturated rings. The highest BCUT2D eigenvalue weighted by Crippen LogP contribution is 2.33. The number of morpholine rings is 1. The Morgan fingerprint density at radius 2 is 1.91 bits per heavy atom. The first-order chi connectivity index (χ1) is 10.6. The molecule has 0 amide bonds. The van der Waals surface area contributed by atoms with Crippen molar-refractivity contribution >= 4 is 11.6 Å². The zero-order valence-corrected chi connectivity index (χ0v) is 14.5. The maximum absolute atomic E-state index is 6.37. The number of nitrogens with zero attached hydrogens (tertiary/aromatic N) is 2. The van der Waals surface area contributed by atoms with Gasteiger partial charge in [-0.3, -0.25) is 4.90 Å². The van der Waals surface area contributed by atoms with E-state index in [1.807, 2.05) is 12.1 Å². The number of rotatable bonds is 4. The molecule has 3 rings (SSSR count). The maximum Gasteiger partial charge on any atom is 0.0594 e. The van der Waals surface area contributed by atoms with E-state index < -0.39 is 0 Å². The molecule has 0 spiro atoms. The van der Waals surface area contributed by atoms with E-state index in [0.717, 1.165) is 44.4 Å². The van der Waals surface area contributed by atoms with Crippen molar-refractivity contribution in [2.75, 3.05) is 45.9 Å². The summed E-state index contributed by atoms with van der Waals surface area (Å²) < 4.78 is 5.48. The molecule has 1 aromatic carbocycles. The van der Waals surface area contributed by atoms with E-state index in [1.54, 1.807) is 0 Å². The minimum absolute atomic E-state index is 0.207. The van der Waals surface area contributed by atoms with E-state index in [9.17, 15) is 0 Å². The van der Waals surface area contributed by atoms with E-state index in [1.165, 1.54) is 18.5 Å². The molecule has 0 saturated carbocycles. The molecule has 2 saturated heterocycles. The summed E-state index contributed by atoms with van der Waals surface area (Å²) in [5, 5.41) is 0.918. The van der Waals surface area contributed by atoms with Crippen LogP contribution in [0, 0.1) is 0 Å². The summed E-state index contributed by atoms with van der Waals surface area (Å²) >= 11 is 6.37. The van der Waals surface area contributed by atoms with Gasteiger partial charge in [-0.05, 0) is 44.4 Å². The van der Waals surface area contributed by atoms with Crippen LogP contribution in [0.4, 0.5) is 0 Å². The summed E-state index contributed by atoms with van der Waals surface area (Å²) in [6.07, 6.45) is 1.21. The van der Waals surface area contributed by atoms with Gasteiger partial charge in [-0.15, -0.1) is 0 Å². The Kier molecular flexibility index (Phi) is 5.08. The molecule has 2 heterocycles. The van der Waals surface area contributed by atoms with Gasteiger partial charge < -0.3 is 9.64 Å². The molecule has 2 aliphatic heterocycles. The predicted octanol–water partition coefficient (Wildman–Crippen LogP) is 3.24. The van der Waals surface area contributed by atoms with E-state index in [4.69, 9.17) is 16.3 Å². The van der Waals surface area contributed by atoms with Crippen molar-refractivity contribution < 1.29 is 4.74 Å². The summed E-state index contributed by atoms with van der Waals surface area (Å²) in [5.41, 5.74) is 1.52. The van der Waals surface area contributed by atoms with Crippen molar-refractivity contribution in [3.63, 3.8) is 0 Å². The molecule has 0 N–H and O–H groups in total. The average molecular weight is 323 g/mol. The van der Waals surface area contributed by atoms with Crippen LogP contribution in [-0.2, 0) is 4.74 Å². The minimum atomic E-state index is 0.207. The topological polar surface area (TPSA) is 15.7 Å². The first-order valence-electron chi connectivity index (χ1n) is 8.36. The zero-order chi connectivity index (χ0) is 15.6. The normalized spacial score (nSPS) is 24.8. The lowest BCUT2D eigenvalue weighted by molar-refractivity contribution is -0.0197. The fourth-order valence-corrected chi connectivity index (χ4v) is 4.14. The van der Waals surface area contributed by atoms with Gasteiger partial charge in [0.2, 0.25) is 0 Å². The molecule has 122 valence electrons.